The van der Waals surface area contributed by atoms with Crippen molar-refractivity contribution in [2.24, 2.45) is 0 Å². The fourth-order valence-electron chi connectivity index (χ4n) is 15.5. The summed E-state index contributed by atoms with van der Waals surface area (Å²) in [6.07, 6.45) is 11.3. The third-order valence-corrected chi connectivity index (χ3v) is 21.5. The Balaban J connectivity index is 0.000000226. The number of aliphatic hydroxyl groups excluding tert-OH is 2. The second kappa shape index (κ2) is 60.9. The maximum Gasteiger partial charge on any atom is 0.155 e. The minimum atomic E-state index is -0.125. The first kappa shape index (κ1) is 120. The van der Waals surface area contributed by atoms with Crippen molar-refractivity contribution in [2.45, 2.75) is 49.5 Å². The van der Waals surface area contributed by atoms with Crippen LogP contribution in [-0.2, 0) is 150 Å². The van der Waals surface area contributed by atoms with E-state index in [1.54, 1.807) is 12.4 Å². The number of carbonyl (C=O) groups excluding carboxylic acids is 2. The van der Waals surface area contributed by atoms with Crippen molar-refractivity contribution in [3.05, 3.63) is 509 Å². The maximum absolute atomic E-state index is 10.0. The number of allylic oxidation sites excluding steroid dienone is 4. The Labute approximate surface area is 951 Å². The molecule has 751 valence electrons. The second-order valence-corrected chi connectivity index (χ2v) is 31.4. The number of carbonyl (C=O) groups is 2. The molecule has 0 saturated carbocycles. The summed E-state index contributed by atoms with van der Waals surface area (Å²) in [4.78, 5) is 52.1. The molecule has 2 N–H and O–H groups in total. The zero-order valence-corrected chi connectivity index (χ0v) is 95.4. The second-order valence-electron chi connectivity index (χ2n) is 31.4. The molecular formula is C123H100Ir7N13O4-7. The van der Waals surface area contributed by atoms with E-state index in [4.69, 9.17) is 30.1 Å². The van der Waals surface area contributed by atoms with Crippen LogP contribution in [0.15, 0.2) is 467 Å². The number of aliphatic hydroxyl groups is 2. The van der Waals surface area contributed by atoms with E-state index < -0.39 is 0 Å². The van der Waals surface area contributed by atoms with E-state index in [1.165, 1.54) is 77.9 Å². The molecule has 0 amide bonds. The van der Waals surface area contributed by atoms with E-state index in [-0.39, 0.29) is 179 Å². The SMILES string of the molecule is C.C.CC(=O)C=C(C)O.CC(=O)C=C(C)O.Cc1cc2ccccc2nc1-c1[c-]cccc1.[Ir].[Ir].[Ir].[Ir].[Ir].[Ir].[Ir].[c-]1cccc2c1c1nc3ccccc3n1c1ccccc21.[c-]1ccccc1-c1nc2ccccc2n1-c1ccccc1.[c-]1ccccc1-c1nc2ccccc2n1-c1ccccc1.[c-]1ccccc1-c1nccc2ccccc12.[c-]1ccccc1-c1nccn1-c1ccccc1.c1ccc(-c2ccn[n-]2)nc1. The standard InChI is InChI=1S/C19H11N2.2C19H13N2.C16H12N.C15H11N2.C15H10N.C8H6N3.2C5H8O2.2CH4.7Ir/c1-2-9-15-13(7-1)14-8-3-5-11-17(14)21-18-12-6-4-10-16(18)20-19(15)21;2*1-3-9-15(10-4-1)19-20-17-13-7-8-14-18(17)21(19)16-11-5-2-6-12-16;1-12-11-14-9-5-6-10-15(14)17-16(12)13-7-3-2-4-8-13;1-3-7-13(8-4-1)15-16-11-12-17(15)14-9-5-2-6-10-14;1-2-7-13(8-3-1)15-14-9-5-4-6-12(14)10-11-16-15;1-2-5-9-7(3-1)8-4-6-10-11-8;2*1-4(6)3-5(2)7;;;;;;;;;/h1-8,10-12H;2*1-9,11-14H;2-7,9-11H,1H3;1-7,9-12H;1-7,9-11H;1-6H;2*3,6H,1-2H3;2*1H4;;;;;;;/q7*-1;;;;;;;;;;;. The summed E-state index contributed by atoms with van der Waals surface area (Å²) in [5.74, 6) is 2.63. The number of fused-ring (bicyclic) bond motifs is 12. The third-order valence-electron chi connectivity index (χ3n) is 21.5. The zero-order valence-electron chi connectivity index (χ0n) is 78.7. The number of hydrogen-bond donors (Lipinski definition) is 2. The van der Waals surface area contributed by atoms with Crippen LogP contribution in [0.5, 0.6) is 0 Å². The van der Waals surface area contributed by atoms with Crippen molar-refractivity contribution in [2.75, 3.05) is 0 Å². The summed E-state index contributed by atoms with van der Waals surface area (Å²) in [5, 5.41) is 31.4. The van der Waals surface area contributed by atoms with Gasteiger partial charge in [-0.1, -0.05) is 201 Å². The Morgan fingerprint density at radius 2 is 0.728 bits per heavy atom. The molecule has 0 spiro atoms. The fourth-order valence-corrected chi connectivity index (χ4v) is 15.5. The molecule has 9 heterocycles. The van der Waals surface area contributed by atoms with Crippen LogP contribution in [0.2, 0.25) is 0 Å². The van der Waals surface area contributed by atoms with Crippen molar-refractivity contribution in [1.29, 1.82) is 0 Å². The molecule has 24 aromatic rings. The summed E-state index contributed by atoms with van der Waals surface area (Å²) in [6, 6.07) is 158. The van der Waals surface area contributed by atoms with Gasteiger partial charge in [-0.25, -0.2) is 0 Å². The quantitative estimate of drug-likeness (QED) is 0.0535. The Morgan fingerprint density at radius 1 is 0.320 bits per heavy atom. The van der Waals surface area contributed by atoms with Gasteiger partial charge in [0, 0.05) is 212 Å². The van der Waals surface area contributed by atoms with Gasteiger partial charge in [0.25, 0.3) is 0 Å². The molecule has 0 bridgehead atoms. The van der Waals surface area contributed by atoms with Crippen LogP contribution in [-0.4, -0.2) is 79.9 Å². The van der Waals surface area contributed by atoms with E-state index in [0.29, 0.717) is 0 Å². The van der Waals surface area contributed by atoms with Crippen LogP contribution in [0.25, 0.3) is 167 Å². The van der Waals surface area contributed by atoms with Gasteiger partial charge in [0.05, 0.1) is 73.3 Å². The number of benzene rings is 15. The summed E-state index contributed by atoms with van der Waals surface area (Å²) in [7, 11) is 0. The van der Waals surface area contributed by atoms with Crippen LogP contribution in [0.1, 0.15) is 48.1 Å². The Kier molecular flexibility index (Phi) is 49.7. The molecule has 0 unspecified atom stereocenters. The van der Waals surface area contributed by atoms with Gasteiger partial charge >= 0.3 is 0 Å². The molecule has 17 nitrogen and oxygen atoms in total. The largest absolute Gasteiger partial charge is 0.574 e. The minimum Gasteiger partial charge on any atom is -0.574 e. The predicted molar refractivity (Wildman–Crippen MR) is 570 cm³/mol. The molecule has 0 fully saturated rings. The maximum atomic E-state index is 10.0. The first-order valence-electron chi connectivity index (χ1n) is 44.7. The molecule has 7 radical (unpaired) electrons. The molecular weight excluding hydrogens is 3070 g/mol. The van der Waals surface area contributed by atoms with Crippen molar-refractivity contribution in [3.63, 3.8) is 0 Å². The number of para-hydroxylation sites is 11. The molecule has 0 aliphatic carbocycles. The molecule has 147 heavy (non-hydrogen) atoms. The van der Waals surface area contributed by atoms with Crippen molar-refractivity contribution in [3.8, 4) is 85.1 Å². The van der Waals surface area contributed by atoms with Gasteiger partial charge in [-0.05, 0) is 171 Å². The Hall–Kier alpha value is -13.9. The smallest absolute Gasteiger partial charge is 0.155 e. The molecule has 0 aliphatic rings. The minimum absolute atomic E-state index is 0. The Bertz CT molecular complexity index is 7960. The first-order chi connectivity index (χ1) is 67.8. The van der Waals surface area contributed by atoms with E-state index >= 15 is 0 Å². The number of rotatable bonds is 11. The van der Waals surface area contributed by atoms with Crippen LogP contribution < -0.4 is 5.10 Å². The Morgan fingerprint density at radius 3 is 1.20 bits per heavy atom. The first-order valence-corrected chi connectivity index (χ1v) is 44.7. The van der Waals surface area contributed by atoms with Crippen LogP contribution in [0.4, 0.5) is 0 Å². The number of aromatic nitrogens is 13. The van der Waals surface area contributed by atoms with Gasteiger partial charge in [-0.15, -0.1) is 209 Å². The van der Waals surface area contributed by atoms with Gasteiger partial charge in [0.2, 0.25) is 0 Å². The number of nitrogens with zero attached hydrogens (tertiary/aromatic N) is 13. The van der Waals surface area contributed by atoms with E-state index in [0.717, 1.165) is 135 Å². The number of imidazole rings is 4. The van der Waals surface area contributed by atoms with Gasteiger partial charge < -0.3 is 43.5 Å². The summed E-state index contributed by atoms with van der Waals surface area (Å²) >= 11 is 0. The number of hydrogen-bond acceptors (Lipinski definition) is 12. The van der Waals surface area contributed by atoms with E-state index in [2.05, 4.69) is 208 Å². The topological polar surface area (TPSA) is 211 Å². The summed E-state index contributed by atoms with van der Waals surface area (Å²) in [6.45, 7) is 7.79. The normalized spacial score (nSPS) is 10.2. The molecule has 15 aromatic carbocycles. The monoisotopic (exact) mass is 3170 g/mol. The number of aryl methyl sites for hydroxylation is 1. The summed E-state index contributed by atoms with van der Waals surface area (Å²) in [5.41, 5.74) is 22.9. The molecule has 24 rings (SSSR count). The van der Waals surface area contributed by atoms with Gasteiger partial charge in [-0.2, -0.15) is 0 Å². The number of pyridine rings is 4. The average Bonchev–Trinajstić information content (AvgIpc) is 1.59. The van der Waals surface area contributed by atoms with Crippen LogP contribution in [0.3, 0.4) is 0 Å². The molecule has 24 heteroatoms. The number of ketones is 2. The van der Waals surface area contributed by atoms with Gasteiger partial charge in [-0.3, -0.25) is 39.5 Å². The van der Waals surface area contributed by atoms with E-state index in [1.807, 2.05) is 310 Å². The van der Waals surface area contributed by atoms with Gasteiger partial charge in [0.15, 0.2) is 11.6 Å². The van der Waals surface area contributed by atoms with E-state index in [9.17, 15) is 9.59 Å². The molecule has 0 saturated heterocycles. The molecule has 0 aliphatic heterocycles. The molecule has 0 atom stereocenters. The van der Waals surface area contributed by atoms with Crippen molar-refractivity contribution >= 4 is 93.7 Å². The zero-order chi connectivity index (χ0) is 95.2. The predicted octanol–water partition coefficient (Wildman–Crippen LogP) is 29.1. The fraction of sp³-hybridized carbons (Fsp3) is 0.0569. The third kappa shape index (κ3) is 31.6. The summed E-state index contributed by atoms with van der Waals surface area (Å²) < 4.78 is 8.66. The van der Waals surface area contributed by atoms with Crippen molar-refractivity contribution in [1.82, 2.24) is 63.2 Å². The van der Waals surface area contributed by atoms with Crippen molar-refractivity contribution < 1.29 is 161 Å². The van der Waals surface area contributed by atoms with Crippen LogP contribution >= 0.6 is 0 Å². The average molecular weight is 3170 g/mol. The van der Waals surface area contributed by atoms with Gasteiger partial charge in [0.1, 0.15) is 0 Å². The van der Waals surface area contributed by atoms with Crippen LogP contribution in [0, 0.1) is 43.3 Å². The molecule has 9 aromatic heterocycles.